The SMILES string of the molecule is CSC1(CNC(=O)n2ccnc2)CC1. The van der Waals surface area contributed by atoms with Crippen LogP contribution in [0.5, 0.6) is 0 Å². The third-order valence-corrected chi connectivity index (χ3v) is 3.96. The van der Waals surface area contributed by atoms with Gasteiger partial charge < -0.3 is 5.32 Å². The molecule has 0 spiro atoms. The van der Waals surface area contributed by atoms with Gasteiger partial charge in [-0.2, -0.15) is 11.8 Å². The Kier molecular flexibility index (Phi) is 2.50. The third-order valence-electron chi connectivity index (χ3n) is 2.54. The second-order valence-corrected chi connectivity index (χ2v) is 4.79. The van der Waals surface area contributed by atoms with Crippen molar-refractivity contribution in [3.63, 3.8) is 0 Å². The zero-order valence-electron chi connectivity index (χ0n) is 8.06. The number of carbonyl (C=O) groups is 1. The number of hydrogen-bond donors (Lipinski definition) is 1. The van der Waals surface area contributed by atoms with Crippen molar-refractivity contribution in [3.8, 4) is 0 Å². The zero-order valence-corrected chi connectivity index (χ0v) is 8.88. The summed E-state index contributed by atoms with van der Waals surface area (Å²) in [5.41, 5.74) is 0. The van der Waals surface area contributed by atoms with Crippen molar-refractivity contribution in [1.82, 2.24) is 14.9 Å². The van der Waals surface area contributed by atoms with E-state index in [2.05, 4.69) is 16.6 Å². The Hall–Kier alpha value is -0.970. The van der Waals surface area contributed by atoms with E-state index < -0.39 is 0 Å². The Bertz CT molecular complexity index is 319. The molecule has 1 saturated carbocycles. The number of nitrogens with zero attached hydrogens (tertiary/aromatic N) is 2. The molecule has 0 unspecified atom stereocenters. The molecule has 0 saturated heterocycles. The second-order valence-electron chi connectivity index (χ2n) is 3.52. The number of hydrogen-bond acceptors (Lipinski definition) is 3. The summed E-state index contributed by atoms with van der Waals surface area (Å²) < 4.78 is 1.77. The van der Waals surface area contributed by atoms with Gasteiger partial charge in [0, 0.05) is 23.7 Å². The largest absolute Gasteiger partial charge is 0.336 e. The highest BCUT2D eigenvalue weighted by atomic mass is 32.2. The fourth-order valence-corrected chi connectivity index (χ4v) is 2.03. The summed E-state index contributed by atoms with van der Waals surface area (Å²) in [4.78, 5) is 15.3. The van der Waals surface area contributed by atoms with Crippen molar-refractivity contribution in [2.45, 2.75) is 17.6 Å². The smallest absolute Gasteiger partial charge is 0.326 e. The monoisotopic (exact) mass is 211 g/mol. The van der Waals surface area contributed by atoms with E-state index in [1.165, 1.54) is 23.7 Å². The molecule has 0 bridgehead atoms. The molecule has 1 heterocycles. The number of thioether (sulfide) groups is 1. The minimum atomic E-state index is -0.0946. The first kappa shape index (κ1) is 9.58. The van der Waals surface area contributed by atoms with Gasteiger partial charge in [-0.05, 0) is 19.1 Å². The summed E-state index contributed by atoms with van der Waals surface area (Å²) in [6.07, 6.45) is 9.26. The van der Waals surface area contributed by atoms with Crippen molar-refractivity contribution < 1.29 is 4.79 Å². The van der Waals surface area contributed by atoms with Gasteiger partial charge in [0.1, 0.15) is 6.33 Å². The van der Waals surface area contributed by atoms with Crippen LogP contribution < -0.4 is 5.32 Å². The predicted molar refractivity (Wildman–Crippen MR) is 56.5 cm³/mol. The Morgan fingerprint density at radius 2 is 2.50 bits per heavy atom. The van der Waals surface area contributed by atoms with E-state index in [9.17, 15) is 4.79 Å². The Morgan fingerprint density at radius 1 is 1.71 bits per heavy atom. The van der Waals surface area contributed by atoms with Crippen LogP contribution in [0, 0.1) is 0 Å². The summed E-state index contributed by atoms with van der Waals surface area (Å²) in [6.45, 7) is 0.755. The first-order chi connectivity index (χ1) is 6.76. The molecule has 0 aromatic carbocycles. The lowest BCUT2D eigenvalue weighted by Gasteiger charge is -2.12. The van der Waals surface area contributed by atoms with Gasteiger partial charge in [0.2, 0.25) is 0 Å². The highest BCUT2D eigenvalue weighted by molar-refractivity contribution is 8.00. The molecule has 0 radical (unpaired) electrons. The lowest BCUT2D eigenvalue weighted by molar-refractivity contribution is 0.242. The third kappa shape index (κ3) is 1.92. The number of aromatic nitrogens is 2. The zero-order chi connectivity index (χ0) is 10.0. The highest BCUT2D eigenvalue weighted by Crippen LogP contribution is 2.46. The van der Waals surface area contributed by atoms with Crippen LogP contribution in [-0.2, 0) is 0 Å². The maximum Gasteiger partial charge on any atom is 0.326 e. The molecule has 1 aliphatic rings. The standard InChI is InChI=1S/C9H13N3OS/c1-14-9(2-3-9)6-11-8(13)12-5-4-10-7-12/h4-5,7H,2-3,6H2,1H3,(H,11,13). The normalized spacial score (nSPS) is 17.8. The molecule has 1 aromatic heterocycles. The molecule has 14 heavy (non-hydrogen) atoms. The summed E-state index contributed by atoms with van der Waals surface area (Å²) >= 11 is 1.84. The molecule has 1 aliphatic carbocycles. The van der Waals surface area contributed by atoms with Crippen molar-refractivity contribution in [2.75, 3.05) is 12.8 Å². The second kappa shape index (κ2) is 3.65. The molecule has 4 nitrogen and oxygen atoms in total. The number of nitrogens with one attached hydrogen (secondary N) is 1. The lowest BCUT2D eigenvalue weighted by atomic mass is 10.4. The molecule has 1 amide bonds. The number of carbonyl (C=O) groups excluding carboxylic acids is 1. The van der Waals surface area contributed by atoms with Crippen LogP contribution >= 0.6 is 11.8 Å². The summed E-state index contributed by atoms with van der Waals surface area (Å²) in [5, 5.41) is 2.90. The quantitative estimate of drug-likeness (QED) is 0.820. The van der Waals surface area contributed by atoms with Gasteiger partial charge in [0.25, 0.3) is 0 Å². The molecule has 5 heteroatoms. The van der Waals surface area contributed by atoms with Crippen molar-refractivity contribution in [3.05, 3.63) is 18.7 Å². The van der Waals surface area contributed by atoms with E-state index in [4.69, 9.17) is 0 Å². The molecule has 1 fully saturated rings. The van der Waals surface area contributed by atoms with E-state index in [0.717, 1.165) is 6.54 Å². The van der Waals surface area contributed by atoms with Crippen LogP contribution in [0.2, 0.25) is 0 Å². The van der Waals surface area contributed by atoms with Crippen LogP contribution in [0.3, 0.4) is 0 Å². The fraction of sp³-hybridized carbons (Fsp3) is 0.556. The van der Waals surface area contributed by atoms with Crippen LogP contribution in [0.15, 0.2) is 18.7 Å². The van der Waals surface area contributed by atoms with E-state index >= 15 is 0 Å². The topological polar surface area (TPSA) is 46.9 Å². The minimum absolute atomic E-state index is 0.0946. The molecular formula is C9H13N3OS. The Labute approximate surface area is 87.1 Å². The molecule has 0 atom stereocenters. The van der Waals surface area contributed by atoms with E-state index in [1.807, 2.05) is 11.8 Å². The van der Waals surface area contributed by atoms with Gasteiger partial charge in [0.15, 0.2) is 0 Å². The summed E-state index contributed by atoms with van der Waals surface area (Å²) in [7, 11) is 0. The van der Waals surface area contributed by atoms with E-state index in [1.54, 1.807) is 12.4 Å². The fourth-order valence-electron chi connectivity index (χ4n) is 1.30. The molecule has 0 aliphatic heterocycles. The number of amides is 1. The van der Waals surface area contributed by atoms with E-state index in [0.29, 0.717) is 4.75 Å². The maximum absolute atomic E-state index is 11.5. The van der Waals surface area contributed by atoms with Gasteiger partial charge in [-0.15, -0.1) is 0 Å². The van der Waals surface area contributed by atoms with Crippen LogP contribution in [0.1, 0.15) is 12.8 Å². The Balaban J connectivity index is 1.84. The van der Waals surface area contributed by atoms with Crippen molar-refractivity contribution >= 4 is 17.8 Å². The average Bonchev–Trinajstić information content (AvgIpc) is 2.78. The molecule has 2 rings (SSSR count). The van der Waals surface area contributed by atoms with Gasteiger partial charge in [-0.25, -0.2) is 9.78 Å². The first-order valence-corrected chi connectivity index (χ1v) is 5.80. The molecule has 76 valence electrons. The minimum Gasteiger partial charge on any atom is -0.336 e. The van der Waals surface area contributed by atoms with Crippen LogP contribution in [0.4, 0.5) is 4.79 Å². The van der Waals surface area contributed by atoms with Crippen molar-refractivity contribution in [2.24, 2.45) is 0 Å². The highest BCUT2D eigenvalue weighted by Gasteiger charge is 2.41. The molecule has 1 N–H and O–H groups in total. The maximum atomic E-state index is 11.5. The molecule has 1 aromatic rings. The van der Waals surface area contributed by atoms with Gasteiger partial charge in [-0.3, -0.25) is 4.57 Å². The Morgan fingerprint density at radius 3 is 3.00 bits per heavy atom. The van der Waals surface area contributed by atoms with Gasteiger partial charge in [0.05, 0.1) is 0 Å². The van der Waals surface area contributed by atoms with E-state index in [-0.39, 0.29) is 6.03 Å². The number of imidazole rings is 1. The average molecular weight is 211 g/mol. The summed E-state index contributed by atoms with van der Waals surface area (Å²) in [6, 6.07) is -0.0946. The van der Waals surface area contributed by atoms with Crippen LogP contribution in [0.25, 0.3) is 0 Å². The van der Waals surface area contributed by atoms with Crippen molar-refractivity contribution in [1.29, 1.82) is 0 Å². The summed E-state index contributed by atoms with van der Waals surface area (Å²) in [5.74, 6) is 0. The number of rotatable bonds is 3. The van der Waals surface area contributed by atoms with Gasteiger partial charge >= 0.3 is 6.03 Å². The predicted octanol–water partition coefficient (Wildman–Crippen LogP) is 1.34. The first-order valence-electron chi connectivity index (χ1n) is 4.57. The molecular weight excluding hydrogens is 198 g/mol. The van der Waals surface area contributed by atoms with Crippen LogP contribution in [-0.4, -0.2) is 33.1 Å². The lowest BCUT2D eigenvalue weighted by Crippen LogP contribution is -2.34. The van der Waals surface area contributed by atoms with Gasteiger partial charge in [-0.1, -0.05) is 0 Å².